The molecule has 7 heteroatoms. The third-order valence-electron chi connectivity index (χ3n) is 4.72. The lowest BCUT2D eigenvalue weighted by atomic mass is 9.92. The highest BCUT2D eigenvalue weighted by Crippen LogP contribution is 2.38. The lowest BCUT2D eigenvalue weighted by Gasteiger charge is -2.19. The smallest absolute Gasteiger partial charge is 0.231 e. The Morgan fingerprint density at radius 1 is 1.07 bits per heavy atom. The maximum absolute atomic E-state index is 12.5. The summed E-state index contributed by atoms with van der Waals surface area (Å²) >= 11 is 19.1. The maximum atomic E-state index is 12.5. The highest BCUT2D eigenvalue weighted by molar-refractivity contribution is 6.36. The number of carbonyl (C=O) groups excluding carboxylic acids is 1. The van der Waals surface area contributed by atoms with Crippen molar-refractivity contribution in [3.63, 3.8) is 0 Å². The van der Waals surface area contributed by atoms with Crippen LogP contribution in [0.5, 0.6) is 0 Å². The van der Waals surface area contributed by atoms with Crippen molar-refractivity contribution in [3.05, 3.63) is 80.4 Å². The van der Waals surface area contributed by atoms with Gasteiger partial charge < -0.3 is 11.1 Å². The first kappa shape index (κ1) is 21.4. The van der Waals surface area contributed by atoms with Crippen LogP contribution in [0.4, 0.5) is 5.69 Å². The predicted octanol–water partition coefficient (Wildman–Crippen LogP) is 5.93. The van der Waals surface area contributed by atoms with Crippen LogP contribution in [0.25, 0.3) is 11.3 Å². The second-order valence-corrected chi connectivity index (χ2v) is 7.74. The number of primary amides is 1. The summed E-state index contributed by atoms with van der Waals surface area (Å²) in [5, 5.41) is 4.43. The van der Waals surface area contributed by atoms with Gasteiger partial charge in [-0.05, 0) is 42.3 Å². The summed E-state index contributed by atoms with van der Waals surface area (Å²) in [4.78, 5) is 17.2. The molecule has 1 amide bonds. The molecule has 2 aromatic carbocycles. The topological polar surface area (TPSA) is 68.0 Å². The fourth-order valence-electron chi connectivity index (χ4n) is 3.31. The van der Waals surface area contributed by atoms with Crippen LogP contribution in [0.3, 0.4) is 0 Å². The molecule has 1 atom stereocenters. The van der Waals surface area contributed by atoms with Crippen LogP contribution in [0, 0.1) is 0 Å². The van der Waals surface area contributed by atoms with E-state index in [1.54, 1.807) is 31.3 Å². The second-order valence-electron chi connectivity index (χ2n) is 6.52. The van der Waals surface area contributed by atoms with E-state index in [-0.39, 0.29) is 0 Å². The van der Waals surface area contributed by atoms with E-state index >= 15 is 0 Å². The quantitative estimate of drug-likeness (QED) is 0.491. The Balaban J connectivity index is 2.26. The van der Waals surface area contributed by atoms with Gasteiger partial charge in [0.25, 0.3) is 0 Å². The van der Waals surface area contributed by atoms with Crippen molar-refractivity contribution in [1.29, 1.82) is 0 Å². The van der Waals surface area contributed by atoms with Crippen molar-refractivity contribution < 1.29 is 4.79 Å². The molecule has 0 saturated heterocycles. The van der Waals surface area contributed by atoms with Crippen LogP contribution in [-0.4, -0.2) is 17.9 Å². The van der Waals surface area contributed by atoms with Crippen molar-refractivity contribution in [3.8, 4) is 11.3 Å². The molecule has 0 spiro atoms. The van der Waals surface area contributed by atoms with E-state index in [0.717, 1.165) is 23.2 Å². The van der Waals surface area contributed by atoms with Gasteiger partial charge in [-0.1, -0.05) is 59.9 Å². The van der Waals surface area contributed by atoms with Crippen LogP contribution < -0.4 is 11.1 Å². The predicted molar refractivity (Wildman–Crippen MR) is 121 cm³/mol. The van der Waals surface area contributed by atoms with Gasteiger partial charge in [-0.25, -0.2) is 0 Å². The highest BCUT2D eigenvalue weighted by atomic mass is 35.5. The largest absolute Gasteiger partial charge is 0.386 e. The summed E-state index contributed by atoms with van der Waals surface area (Å²) in [6, 6.07) is 14.5. The number of hydrogen-bond donors (Lipinski definition) is 2. The Morgan fingerprint density at radius 3 is 2.28 bits per heavy atom. The van der Waals surface area contributed by atoms with Gasteiger partial charge in [0.2, 0.25) is 5.91 Å². The van der Waals surface area contributed by atoms with Crippen molar-refractivity contribution >= 4 is 46.4 Å². The lowest BCUT2D eigenvalue weighted by Crippen LogP contribution is -2.24. The summed E-state index contributed by atoms with van der Waals surface area (Å²) in [6.45, 7) is 2.03. The molecule has 0 fully saturated rings. The molecule has 0 aliphatic heterocycles. The number of aromatic nitrogens is 1. The minimum atomic E-state index is -0.876. The van der Waals surface area contributed by atoms with Crippen molar-refractivity contribution in [2.75, 3.05) is 12.4 Å². The van der Waals surface area contributed by atoms with Crippen LogP contribution >= 0.6 is 34.8 Å². The molecular formula is C22H20Cl3N3O. The van der Waals surface area contributed by atoms with Gasteiger partial charge in [0.15, 0.2) is 0 Å². The molecule has 1 aromatic heterocycles. The highest BCUT2D eigenvalue weighted by Gasteiger charge is 2.27. The van der Waals surface area contributed by atoms with Crippen LogP contribution in [-0.2, 0) is 11.2 Å². The Bertz CT molecular complexity index is 1050. The number of carbonyl (C=O) groups is 1. The van der Waals surface area contributed by atoms with Gasteiger partial charge in [0, 0.05) is 28.2 Å². The first-order valence-corrected chi connectivity index (χ1v) is 10.2. The van der Waals surface area contributed by atoms with Crippen molar-refractivity contribution in [1.82, 2.24) is 4.98 Å². The third-order valence-corrected chi connectivity index (χ3v) is 5.70. The molecule has 1 unspecified atom stereocenters. The molecule has 3 rings (SSSR count). The number of halogens is 3. The molecule has 4 nitrogen and oxygen atoms in total. The number of hydrogen-bond acceptors (Lipinski definition) is 3. The number of anilines is 1. The van der Waals surface area contributed by atoms with Gasteiger partial charge in [0.05, 0.1) is 22.1 Å². The summed E-state index contributed by atoms with van der Waals surface area (Å²) in [7, 11) is 1.80. The standard InChI is InChI=1S/C22H20Cl3N3O/c1-3-12-10-17(13-6-4-9-16(25)21(13)27-2)28-18(11-12)20(22(26)29)19-14(23)7-5-8-15(19)24/h4-11,20,27H,3H2,1-2H3,(H2,26,29). The number of para-hydroxylation sites is 1. The number of nitrogens with zero attached hydrogens (tertiary/aromatic N) is 1. The number of benzene rings is 2. The summed E-state index contributed by atoms with van der Waals surface area (Å²) in [5.41, 5.74) is 9.98. The first-order valence-electron chi connectivity index (χ1n) is 9.08. The normalized spacial score (nSPS) is 11.9. The summed E-state index contributed by atoms with van der Waals surface area (Å²) in [6.07, 6.45) is 0.750. The van der Waals surface area contributed by atoms with Gasteiger partial charge in [0.1, 0.15) is 5.92 Å². The molecule has 0 saturated carbocycles. The third kappa shape index (κ3) is 4.35. The van der Waals surface area contributed by atoms with Gasteiger partial charge in [-0.2, -0.15) is 0 Å². The molecule has 3 N–H and O–H groups in total. The fourth-order valence-corrected chi connectivity index (χ4v) is 4.20. The van der Waals surface area contributed by atoms with Gasteiger partial charge in [-0.3, -0.25) is 9.78 Å². The van der Waals surface area contributed by atoms with Crippen LogP contribution in [0.15, 0.2) is 48.5 Å². The van der Waals surface area contributed by atoms with Gasteiger partial charge >= 0.3 is 0 Å². The average molecular weight is 449 g/mol. The van der Waals surface area contributed by atoms with Crippen molar-refractivity contribution in [2.45, 2.75) is 19.3 Å². The minimum absolute atomic E-state index is 0.366. The molecule has 0 bridgehead atoms. The maximum Gasteiger partial charge on any atom is 0.231 e. The molecule has 0 radical (unpaired) electrons. The van der Waals surface area contributed by atoms with E-state index < -0.39 is 11.8 Å². The van der Waals surface area contributed by atoms with E-state index in [2.05, 4.69) is 5.32 Å². The van der Waals surface area contributed by atoms with Crippen molar-refractivity contribution in [2.24, 2.45) is 5.73 Å². The van der Waals surface area contributed by atoms with E-state index in [0.29, 0.717) is 32.0 Å². The van der Waals surface area contributed by atoms with Crippen LogP contribution in [0.2, 0.25) is 15.1 Å². The molecular weight excluding hydrogens is 429 g/mol. The minimum Gasteiger partial charge on any atom is -0.386 e. The number of amides is 1. The SMILES string of the molecule is CCc1cc(-c2cccc(Cl)c2NC)nc(C(C(N)=O)c2c(Cl)cccc2Cl)c1. The monoisotopic (exact) mass is 447 g/mol. The number of pyridine rings is 1. The molecule has 0 aliphatic carbocycles. The zero-order chi connectivity index (χ0) is 21.1. The Hall–Kier alpha value is -2.27. The number of nitrogens with two attached hydrogens (primary N) is 1. The van der Waals surface area contributed by atoms with E-state index in [1.165, 1.54) is 0 Å². The Labute approximate surface area is 185 Å². The van der Waals surface area contributed by atoms with E-state index in [9.17, 15) is 4.79 Å². The Kier molecular flexibility index (Phi) is 6.68. The number of aryl methyl sites for hydroxylation is 1. The molecule has 3 aromatic rings. The zero-order valence-corrected chi connectivity index (χ0v) is 18.2. The lowest BCUT2D eigenvalue weighted by molar-refractivity contribution is -0.118. The summed E-state index contributed by atoms with van der Waals surface area (Å²) in [5.74, 6) is -1.45. The average Bonchev–Trinajstić information content (AvgIpc) is 2.69. The number of nitrogens with one attached hydrogen (secondary N) is 1. The fraction of sp³-hybridized carbons (Fsp3) is 0.182. The second kappa shape index (κ2) is 9.04. The Morgan fingerprint density at radius 2 is 1.69 bits per heavy atom. The van der Waals surface area contributed by atoms with Crippen LogP contribution in [0.1, 0.15) is 29.7 Å². The zero-order valence-electron chi connectivity index (χ0n) is 16.0. The molecule has 29 heavy (non-hydrogen) atoms. The summed E-state index contributed by atoms with van der Waals surface area (Å²) < 4.78 is 0. The molecule has 150 valence electrons. The first-order chi connectivity index (χ1) is 13.9. The molecule has 0 aliphatic rings. The molecule has 1 heterocycles. The van der Waals surface area contributed by atoms with E-state index in [1.807, 2.05) is 31.2 Å². The van der Waals surface area contributed by atoms with Gasteiger partial charge in [-0.15, -0.1) is 0 Å². The number of rotatable bonds is 6. The van der Waals surface area contributed by atoms with E-state index in [4.69, 9.17) is 45.5 Å².